The molecule has 1 aromatic rings. The molecular formula is C19H28FN3O4S2. The number of nitrogens with zero attached hydrogens (tertiary/aromatic N) is 2. The van der Waals surface area contributed by atoms with Crippen molar-refractivity contribution in [1.29, 1.82) is 0 Å². The van der Waals surface area contributed by atoms with Gasteiger partial charge in [-0.05, 0) is 49.7 Å². The minimum Gasteiger partial charge on any atom is -0.382 e. The van der Waals surface area contributed by atoms with Crippen LogP contribution in [0.5, 0.6) is 0 Å². The van der Waals surface area contributed by atoms with Crippen LogP contribution in [-0.4, -0.2) is 63.1 Å². The summed E-state index contributed by atoms with van der Waals surface area (Å²) in [5.74, 6) is -0.269. The lowest BCUT2D eigenvalue weighted by Crippen LogP contribution is -2.42. The molecule has 1 aromatic carbocycles. The Kier molecular flexibility index (Phi) is 5.42. The molecule has 2 heterocycles. The smallest absolute Gasteiger partial charge is 0.214 e. The average molecular weight is 446 g/mol. The number of hydrogen-bond acceptors (Lipinski definition) is 5. The summed E-state index contributed by atoms with van der Waals surface area (Å²) >= 11 is 0. The fourth-order valence-electron chi connectivity index (χ4n) is 4.29. The summed E-state index contributed by atoms with van der Waals surface area (Å²) in [5, 5.41) is 3.27. The van der Waals surface area contributed by atoms with E-state index in [9.17, 15) is 21.2 Å². The van der Waals surface area contributed by atoms with E-state index in [0.717, 1.165) is 19.3 Å². The first-order valence-electron chi connectivity index (χ1n) is 10.0. The maximum absolute atomic E-state index is 14.7. The van der Waals surface area contributed by atoms with Gasteiger partial charge in [0.15, 0.2) is 0 Å². The molecule has 29 heavy (non-hydrogen) atoms. The van der Waals surface area contributed by atoms with Crippen molar-refractivity contribution in [3.8, 4) is 0 Å². The van der Waals surface area contributed by atoms with E-state index in [-0.39, 0.29) is 23.8 Å². The van der Waals surface area contributed by atoms with Crippen LogP contribution in [0.15, 0.2) is 18.2 Å². The topological polar surface area (TPSA) is 86.8 Å². The molecule has 162 valence electrons. The zero-order chi connectivity index (χ0) is 20.9. The number of anilines is 1. The Balaban J connectivity index is 1.38. The number of nitrogens with one attached hydrogen (secondary N) is 1. The molecule has 0 amide bonds. The zero-order valence-electron chi connectivity index (χ0n) is 16.6. The Labute approximate surface area is 172 Å². The molecule has 0 unspecified atom stereocenters. The molecule has 0 radical (unpaired) electrons. The van der Waals surface area contributed by atoms with Crippen LogP contribution in [0.2, 0.25) is 0 Å². The lowest BCUT2D eigenvalue weighted by molar-refractivity contribution is 0.288. The van der Waals surface area contributed by atoms with E-state index in [2.05, 4.69) is 5.32 Å². The number of piperidine rings is 1. The normalized spacial score (nSPS) is 25.2. The van der Waals surface area contributed by atoms with Crippen molar-refractivity contribution in [3.05, 3.63) is 29.6 Å². The van der Waals surface area contributed by atoms with E-state index in [1.165, 1.54) is 20.9 Å². The Morgan fingerprint density at radius 1 is 1.21 bits per heavy atom. The molecule has 0 bridgehead atoms. The molecule has 0 atom stereocenters. The van der Waals surface area contributed by atoms with Crippen molar-refractivity contribution in [2.75, 3.05) is 37.0 Å². The monoisotopic (exact) mass is 445 g/mol. The third-order valence-electron chi connectivity index (χ3n) is 6.45. The van der Waals surface area contributed by atoms with Gasteiger partial charge in [-0.2, -0.15) is 4.31 Å². The highest BCUT2D eigenvalue weighted by atomic mass is 32.2. The molecule has 2 aliphatic heterocycles. The molecule has 1 spiro atoms. The Morgan fingerprint density at radius 3 is 2.48 bits per heavy atom. The zero-order valence-corrected chi connectivity index (χ0v) is 18.2. The van der Waals surface area contributed by atoms with Crippen LogP contribution in [0.1, 0.15) is 37.7 Å². The first-order valence-corrected chi connectivity index (χ1v) is 13.5. The van der Waals surface area contributed by atoms with Gasteiger partial charge in [0, 0.05) is 43.5 Å². The fraction of sp³-hybridized carbons (Fsp3) is 0.684. The Hall–Kier alpha value is -1.23. The number of benzene rings is 1. The standard InChI is InChI=1S/C19H28FN3O4S2/c1-28(24,25)22-9-4-16(5-10-22)21-17-3-2-15(18(20)12-17)13-23-14-19(6-7-19)8-11-29(23,26)27/h2-3,12,16,21H,4-11,13-14H2,1H3. The Bertz CT molecular complexity index is 985. The molecule has 10 heteroatoms. The molecule has 1 N–H and O–H groups in total. The van der Waals surface area contributed by atoms with Crippen molar-refractivity contribution >= 4 is 25.7 Å². The van der Waals surface area contributed by atoms with Crippen molar-refractivity contribution < 1.29 is 21.2 Å². The molecule has 1 saturated carbocycles. The van der Waals surface area contributed by atoms with Crippen molar-refractivity contribution in [2.24, 2.45) is 5.41 Å². The van der Waals surface area contributed by atoms with Crippen LogP contribution in [0.25, 0.3) is 0 Å². The van der Waals surface area contributed by atoms with Gasteiger partial charge in [-0.1, -0.05) is 6.07 Å². The van der Waals surface area contributed by atoms with Gasteiger partial charge in [0.1, 0.15) is 5.82 Å². The summed E-state index contributed by atoms with van der Waals surface area (Å²) in [6, 6.07) is 4.90. The molecule has 3 aliphatic rings. The lowest BCUT2D eigenvalue weighted by atomic mass is 10.0. The van der Waals surface area contributed by atoms with E-state index in [1.54, 1.807) is 12.1 Å². The minimum atomic E-state index is -3.32. The van der Waals surface area contributed by atoms with Gasteiger partial charge in [-0.25, -0.2) is 25.5 Å². The number of rotatable bonds is 5. The summed E-state index contributed by atoms with van der Waals surface area (Å²) in [5.41, 5.74) is 1.14. The lowest BCUT2D eigenvalue weighted by Gasteiger charge is -2.32. The van der Waals surface area contributed by atoms with Crippen LogP contribution >= 0.6 is 0 Å². The SMILES string of the molecule is CS(=O)(=O)N1CCC(Nc2ccc(CN3CC4(CC4)CCS3(=O)=O)c(F)c2)CC1. The van der Waals surface area contributed by atoms with Crippen LogP contribution < -0.4 is 5.32 Å². The fourth-order valence-corrected chi connectivity index (χ4v) is 6.92. The third-order valence-corrected chi connectivity index (χ3v) is 9.51. The van der Waals surface area contributed by atoms with Gasteiger partial charge >= 0.3 is 0 Å². The molecule has 1 aliphatic carbocycles. The second-order valence-corrected chi connectivity index (χ2v) is 12.8. The molecule has 2 saturated heterocycles. The highest BCUT2D eigenvalue weighted by Gasteiger charge is 2.49. The second kappa shape index (κ2) is 7.47. The van der Waals surface area contributed by atoms with Gasteiger partial charge in [0.2, 0.25) is 20.0 Å². The molecular weight excluding hydrogens is 417 g/mol. The summed E-state index contributed by atoms with van der Waals surface area (Å²) < 4.78 is 65.5. The highest BCUT2D eigenvalue weighted by molar-refractivity contribution is 7.89. The first kappa shape index (κ1) is 21.0. The minimum absolute atomic E-state index is 0.0724. The third kappa shape index (κ3) is 4.76. The van der Waals surface area contributed by atoms with Crippen molar-refractivity contribution in [3.63, 3.8) is 0 Å². The maximum atomic E-state index is 14.7. The molecule has 0 aromatic heterocycles. The molecule has 4 rings (SSSR count). The predicted molar refractivity (Wildman–Crippen MR) is 110 cm³/mol. The van der Waals surface area contributed by atoms with Crippen molar-refractivity contribution in [1.82, 2.24) is 8.61 Å². The van der Waals surface area contributed by atoms with Gasteiger partial charge in [-0.15, -0.1) is 0 Å². The summed E-state index contributed by atoms with van der Waals surface area (Å²) in [4.78, 5) is 0. The summed E-state index contributed by atoms with van der Waals surface area (Å²) in [6.07, 6.45) is 5.36. The van der Waals surface area contributed by atoms with E-state index in [0.29, 0.717) is 43.7 Å². The van der Waals surface area contributed by atoms with Gasteiger partial charge in [0.05, 0.1) is 12.0 Å². The number of sulfonamides is 2. The second-order valence-electron chi connectivity index (χ2n) is 8.72. The maximum Gasteiger partial charge on any atom is 0.214 e. The number of halogens is 1. The molecule has 3 fully saturated rings. The van der Waals surface area contributed by atoms with Crippen molar-refractivity contribution in [2.45, 2.75) is 44.7 Å². The average Bonchev–Trinajstić information content (AvgIpc) is 3.40. The largest absolute Gasteiger partial charge is 0.382 e. The van der Waals surface area contributed by atoms with E-state index in [1.807, 2.05) is 0 Å². The highest BCUT2D eigenvalue weighted by Crippen LogP contribution is 2.52. The van der Waals surface area contributed by atoms with Crippen LogP contribution in [0, 0.1) is 11.2 Å². The van der Waals surface area contributed by atoms with Gasteiger partial charge in [-0.3, -0.25) is 0 Å². The van der Waals surface area contributed by atoms with Crippen LogP contribution in [-0.2, 0) is 26.6 Å². The Morgan fingerprint density at radius 2 is 1.90 bits per heavy atom. The van der Waals surface area contributed by atoms with Crippen LogP contribution in [0.4, 0.5) is 10.1 Å². The van der Waals surface area contributed by atoms with E-state index in [4.69, 9.17) is 0 Å². The summed E-state index contributed by atoms with van der Waals surface area (Å²) in [6.45, 7) is 1.47. The predicted octanol–water partition coefficient (Wildman–Crippen LogP) is 1.98. The van der Waals surface area contributed by atoms with Gasteiger partial charge in [0.25, 0.3) is 0 Å². The quantitative estimate of drug-likeness (QED) is 0.749. The van der Waals surface area contributed by atoms with Gasteiger partial charge < -0.3 is 5.32 Å². The first-order chi connectivity index (χ1) is 13.6. The van der Waals surface area contributed by atoms with Crippen LogP contribution in [0.3, 0.4) is 0 Å². The van der Waals surface area contributed by atoms with E-state index < -0.39 is 25.9 Å². The summed E-state index contributed by atoms with van der Waals surface area (Å²) in [7, 11) is -6.49. The molecule has 7 nitrogen and oxygen atoms in total. The number of hydrogen-bond donors (Lipinski definition) is 1. The van der Waals surface area contributed by atoms with E-state index >= 15 is 0 Å².